The summed E-state index contributed by atoms with van der Waals surface area (Å²) in [6.07, 6.45) is 4.73. The van der Waals surface area contributed by atoms with Crippen LogP contribution in [0, 0.1) is 0 Å². The first-order valence-electron chi connectivity index (χ1n) is 6.40. The summed E-state index contributed by atoms with van der Waals surface area (Å²) in [7, 11) is 0. The minimum Gasteiger partial charge on any atom is -0.463 e. The number of ether oxygens (including phenoxy) is 1. The van der Waals surface area contributed by atoms with Gasteiger partial charge < -0.3 is 10.5 Å². The summed E-state index contributed by atoms with van der Waals surface area (Å²) in [6.45, 7) is 0.641. The van der Waals surface area contributed by atoms with Crippen molar-refractivity contribution in [2.24, 2.45) is 10.7 Å². The van der Waals surface area contributed by atoms with E-state index in [0.29, 0.717) is 18.0 Å². The predicted molar refractivity (Wildman–Crippen MR) is 73.0 cm³/mol. The third-order valence-corrected chi connectivity index (χ3v) is 4.25. The monoisotopic (exact) mass is 264 g/mol. The van der Waals surface area contributed by atoms with E-state index in [-0.39, 0.29) is 6.04 Å². The zero-order valence-electron chi connectivity index (χ0n) is 10.2. The van der Waals surface area contributed by atoms with E-state index in [1.165, 1.54) is 18.4 Å². The molecule has 0 radical (unpaired) electrons. The maximum atomic E-state index is 5.93. The number of nitrogens with zero attached hydrogens (tertiary/aromatic N) is 1. The lowest BCUT2D eigenvalue weighted by Gasteiger charge is -2.16. The van der Waals surface area contributed by atoms with Gasteiger partial charge in [-0.3, -0.25) is 0 Å². The summed E-state index contributed by atoms with van der Waals surface area (Å²) in [5.74, 6) is 0. The number of hydrogen-bond acceptors (Lipinski definition) is 3. The summed E-state index contributed by atoms with van der Waals surface area (Å²) in [5, 5.41) is 0.802. The molecule has 1 saturated carbocycles. The van der Waals surface area contributed by atoms with E-state index in [0.717, 1.165) is 17.9 Å². The quantitative estimate of drug-likeness (QED) is 0.909. The molecule has 3 rings (SSSR count). The first kappa shape index (κ1) is 11.8. The highest BCUT2D eigenvalue weighted by atomic mass is 35.5. The van der Waals surface area contributed by atoms with E-state index >= 15 is 0 Å². The maximum Gasteiger partial charge on any atom is 0.282 e. The molecule has 96 valence electrons. The number of halogens is 1. The van der Waals surface area contributed by atoms with Crippen molar-refractivity contribution in [1.29, 1.82) is 0 Å². The second-order valence-electron chi connectivity index (χ2n) is 5.26. The minimum absolute atomic E-state index is 0.245. The van der Waals surface area contributed by atoms with Crippen LogP contribution in [0.5, 0.6) is 0 Å². The standard InChI is InChI=1S/C14H17ClN2O/c15-11-3-1-10(2-4-11)14(7-8-14)6-5-12-9-18-13(16)17-12/h1-4,12H,5-9H2,(H2,16,17)/t12-/m0/s1. The molecule has 4 heteroatoms. The second-order valence-corrected chi connectivity index (χ2v) is 5.69. The highest BCUT2D eigenvalue weighted by Crippen LogP contribution is 2.52. The second kappa shape index (κ2) is 4.47. The van der Waals surface area contributed by atoms with E-state index in [1.54, 1.807) is 0 Å². The Hall–Kier alpha value is -1.22. The highest BCUT2D eigenvalue weighted by Gasteiger charge is 2.44. The molecule has 1 fully saturated rings. The number of rotatable bonds is 4. The van der Waals surface area contributed by atoms with Gasteiger partial charge in [0.2, 0.25) is 0 Å². The summed E-state index contributed by atoms with van der Waals surface area (Å²) in [5.41, 5.74) is 7.28. The smallest absolute Gasteiger partial charge is 0.282 e. The molecule has 1 aromatic rings. The van der Waals surface area contributed by atoms with Crippen LogP contribution in [0.15, 0.2) is 29.3 Å². The fraction of sp³-hybridized carbons (Fsp3) is 0.500. The summed E-state index contributed by atoms with van der Waals surface area (Å²) in [6, 6.07) is 8.85. The molecule has 1 aliphatic carbocycles. The zero-order valence-corrected chi connectivity index (χ0v) is 11.0. The van der Waals surface area contributed by atoms with Crippen LogP contribution in [0.1, 0.15) is 31.2 Å². The molecule has 2 aliphatic rings. The van der Waals surface area contributed by atoms with Gasteiger partial charge in [0, 0.05) is 5.02 Å². The molecule has 1 aromatic carbocycles. The molecule has 1 atom stereocenters. The van der Waals surface area contributed by atoms with Gasteiger partial charge in [0.25, 0.3) is 6.02 Å². The molecule has 1 heterocycles. The Morgan fingerprint density at radius 3 is 2.61 bits per heavy atom. The maximum absolute atomic E-state index is 5.93. The molecular formula is C14H17ClN2O. The van der Waals surface area contributed by atoms with Gasteiger partial charge >= 0.3 is 0 Å². The number of amidine groups is 1. The molecule has 18 heavy (non-hydrogen) atoms. The fourth-order valence-corrected chi connectivity index (χ4v) is 2.79. The largest absolute Gasteiger partial charge is 0.463 e. The van der Waals surface area contributed by atoms with Crippen molar-refractivity contribution >= 4 is 17.6 Å². The predicted octanol–water partition coefficient (Wildman–Crippen LogP) is 2.87. The summed E-state index contributed by atoms with van der Waals surface area (Å²) < 4.78 is 5.18. The Kier molecular flexibility index (Phi) is 2.94. The van der Waals surface area contributed by atoms with Crippen LogP contribution < -0.4 is 5.73 Å². The van der Waals surface area contributed by atoms with Crippen molar-refractivity contribution < 1.29 is 4.74 Å². The summed E-state index contributed by atoms with van der Waals surface area (Å²) in [4.78, 5) is 4.28. The number of benzene rings is 1. The number of aliphatic imine (C=N–C) groups is 1. The van der Waals surface area contributed by atoms with Crippen LogP contribution in [0.2, 0.25) is 5.02 Å². The molecule has 0 aromatic heterocycles. The first-order valence-corrected chi connectivity index (χ1v) is 6.78. The lowest BCUT2D eigenvalue weighted by Crippen LogP contribution is -2.13. The first-order chi connectivity index (χ1) is 8.68. The van der Waals surface area contributed by atoms with Crippen LogP contribution >= 0.6 is 11.6 Å². The molecule has 0 spiro atoms. The molecule has 0 unspecified atom stereocenters. The average Bonchev–Trinajstić information content (AvgIpc) is 3.05. The van der Waals surface area contributed by atoms with E-state index in [2.05, 4.69) is 17.1 Å². The van der Waals surface area contributed by atoms with E-state index < -0.39 is 0 Å². The third kappa shape index (κ3) is 2.32. The molecule has 0 saturated heterocycles. The number of nitrogens with two attached hydrogens (primary N) is 1. The average molecular weight is 265 g/mol. The van der Waals surface area contributed by atoms with Gasteiger partial charge in [-0.05, 0) is 48.8 Å². The molecular weight excluding hydrogens is 248 g/mol. The van der Waals surface area contributed by atoms with E-state index in [1.807, 2.05) is 12.1 Å². The van der Waals surface area contributed by atoms with Crippen LogP contribution in [-0.4, -0.2) is 18.7 Å². The molecule has 3 nitrogen and oxygen atoms in total. The Bertz CT molecular complexity index is 465. The Balaban J connectivity index is 1.63. The molecule has 2 N–H and O–H groups in total. The van der Waals surface area contributed by atoms with Crippen LogP contribution in [-0.2, 0) is 10.2 Å². The van der Waals surface area contributed by atoms with Crippen LogP contribution in [0.25, 0.3) is 0 Å². The molecule has 0 amide bonds. The van der Waals surface area contributed by atoms with Crippen molar-refractivity contribution in [3.05, 3.63) is 34.9 Å². The minimum atomic E-state index is 0.245. The number of hydrogen-bond donors (Lipinski definition) is 1. The third-order valence-electron chi connectivity index (χ3n) is 4.00. The molecule has 1 aliphatic heterocycles. The fourth-order valence-electron chi connectivity index (χ4n) is 2.66. The van der Waals surface area contributed by atoms with Crippen molar-refractivity contribution in [2.75, 3.05) is 6.61 Å². The van der Waals surface area contributed by atoms with Gasteiger partial charge in [0.05, 0.1) is 6.04 Å². The van der Waals surface area contributed by atoms with Gasteiger partial charge in [-0.25, -0.2) is 4.99 Å². The van der Waals surface area contributed by atoms with Gasteiger partial charge in [0.15, 0.2) is 0 Å². The van der Waals surface area contributed by atoms with Gasteiger partial charge in [-0.1, -0.05) is 23.7 Å². The van der Waals surface area contributed by atoms with E-state index in [9.17, 15) is 0 Å². The van der Waals surface area contributed by atoms with Crippen molar-refractivity contribution in [3.8, 4) is 0 Å². The van der Waals surface area contributed by atoms with Crippen molar-refractivity contribution in [1.82, 2.24) is 0 Å². The van der Waals surface area contributed by atoms with Crippen molar-refractivity contribution in [3.63, 3.8) is 0 Å². The Morgan fingerprint density at radius 2 is 2.06 bits per heavy atom. The Labute approximate surface area is 112 Å². The SMILES string of the molecule is NC1=N[C@@H](CCC2(c3ccc(Cl)cc3)CC2)CO1. The van der Waals surface area contributed by atoms with Gasteiger partial charge in [-0.2, -0.15) is 0 Å². The van der Waals surface area contributed by atoms with Gasteiger partial charge in [0.1, 0.15) is 6.61 Å². The van der Waals surface area contributed by atoms with Crippen LogP contribution in [0.3, 0.4) is 0 Å². The Morgan fingerprint density at radius 1 is 1.33 bits per heavy atom. The normalized spacial score (nSPS) is 24.5. The van der Waals surface area contributed by atoms with Crippen molar-refractivity contribution in [2.45, 2.75) is 37.1 Å². The van der Waals surface area contributed by atoms with Crippen LogP contribution in [0.4, 0.5) is 0 Å². The molecule has 0 bridgehead atoms. The lowest BCUT2D eigenvalue weighted by atomic mass is 9.89. The van der Waals surface area contributed by atoms with Gasteiger partial charge in [-0.15, -0.1) is 0 Å². The topological polar surface area (TPSA) is 47.6 Å². The zero-order chi connectivity index (χ0) is 12.6. The van der Waals surface area contributed by atoms with E-state index in [4.69, 9.17) is 22.1 Å². The lowest BCUT2D eigenvalue weighted by molar-refractivity contribution is 0.302. The highest BCUT2D eigenvalue weighted by molar-refractivity contribution is 6.30. The summed E-state index contributed by atoms with van der Waals surface area (Å²) >= 11 is 5.93.